The van der Waals surface area contributed by atoms with Crippen LogP contribution in [0.4, 0.5) is 11.5 Å². The van der Waals surface area contributed by atoms with Crippen molar-refractivity contribution in [1.82, 2.24) is 15.3 Å². The van der Waals surface area contributed by atoms with E-state index in [2.05, 4.69) is 68.8 Å². The Hall–Kier alpha value is -2.99. The van der Waals surface area contributed by atoms with Gasteiger partial charge >= 0.3 is 0 Å². The summed E-state index contributed by atoms with van der Waals surface area (Å²) in [5, 5.41) is 7.27. The van der Waals surface area contributed by atoms with Crippen molar-refractivity contribution in [3.63, 3.8) is 0 Å². The van der Waals surface area contributed by atoms with Crippen LogP contribution < -0.4 is 15.5 Å². The van der Waals surface area contributed by atoms with Gasteiger partial charge in [-0.3, -0.25) is 4.98 Å². The van der Waals surface area contributed by atoms with Gasteiger partial charge < -0.3 is 15.5 Å². The summed E-state index contributed by atoms with van der Waals surface area (Å²) in [4.78, 5) is 11.1. The third kappa shape index (κ3) is 5.09. The van der Waals surface area contributed by atoms with E-state index in [9.17, 15) is 0 Å². The van der Waals surface area contributed by atoms with Crippen LogP contribution in [-0.4, -0.2) is 34.2 Å². The van der Waals surface area contributed by atoms with Crippen LogP contribution in [0.1, 0.15) is 18.4 Å². The third-order valence-electron chi connectivity index (χ3n) is 5.17. The van der Waals surface area contributed by atoms with Crippen LogP contribution >= 0.6 is 12.2 Å². The number of piperidine rings is 1. The zero-order valence-corrected chi connectivity index (χ0v) is 17.3. The highest BCUT2D eigenvalue weighted by Gasteiger charge is 2.21. The molecule has 0 bridgehead atoms. The molecule has 0 unspecified atom stereocenters. The van der Waals surface area contributed by atoms with E-state index in [1.807, 2.05) is 18.3 Å². The Morgan fingerprint density at radius 3 is 2.62 bits per heavy atom. The Morgan fingerprint density at radius 1 is 1.03 bits per heavy atom. The molecule has 2 N–H and O–H groups in total. The smallest absolute Gasteiger partial charge is 0.171 e. The lowest BCUT2D eigenvalue weighted by atomic mass is 10.0. The van der Waals surface area contributed by atoms with Crippen LogP contribution in [0.15, 0.2) is 67.1 Å². The SMILES string of the molecule is Cc1cccc(-c2ccnc(N3CCC(NC(=S)Nc4cccnc4)CC3)c2)c1. The summed E-state index contributed by atoms with van der Waals surface area (Å²) in [5.41, 5.74) is 4.61. The number of hydrogen-bond acceptors (Lipinski definition) is 4. The van der Waals surface area contributed by atoms with E-state index in [4.69, 9.17) is 12.2 Å². The number of hydrogen-bond donors (Lipinski definition) is 2. The second-order valence-electron chi connectivity index (χ2n) is 7.37. The summed E-state index contributed by atoms with van der Waals surface area (Å²) in [6.07, 6.45) is 7.46. The average Bonchev–Trinajstić information content (AvgIpc) is 2.75. The first-order valence-electron chi connectivity index (χ1n) is 9.93. The van der Waals surface area contributed by atoms with Crippen molar-refractivity contribution in [3.05, 3.63) is 72.7 Å². The molecule has 0 atom stereocenters. The van der Waals surface area contributed by atoms with Crippen LogP contribution in [0.5, 0.6) is 0 Å². The molecule has 0 spiro atoms. The van der Waals surface area contributed by atoms with Gasteiger partial charge in [0, 0.05) is 31.5 Å². The van der Waals surface area contributed by atoms with E-state index in [1.165, 1.54) is 16.7 Å². The van der Waals surface area contributed by atoms with E-state index >= 15 is 0 Å². The van der Waals surface area contributed by atoms with Gasteiger partial charge in [-0.25, -0.2) is 4.98 Å². The first-order valence-corrected chi connectivity index (χ1v) is 10.3. The third-order valence-corrected chi connectivity index (χ3v) is 5.39. The van der Waals surface area contributed by atoms with E-state index in [0.717, 1.165) is 37.4 Å². The van der Waals surface area contributed by atoms with Gasteiger partial charge in [0.2, 0.25) is 0 Å². The molecular weight excluding hydrogens is 378 g/mol. The number of aromatic nitrogens is 2. The molecular formula is C23H25N5S. The molecule has 6 heteroatoms. The van der Waals surface area contributed by atoms with Gasteiger partial charge in [0.25, 0.3) is 0 Å². The molecule has 1 aliphatic heterocycles. The monoisotopic (exact) mass is 403 g/mol. The Labute approximate surface area is 177 Å². The minimum absolute atomic E-state index is 0.364. The minimum Gasteiger partial charge on any atom is -0.360 e. The Kier molecular flexibility index (Phi) is 6.00. The lowest BCUT2D eigenvalue weighted by Crippen LogP contribution is -2.46. The summed E-state index contributed by atoms with van der Waals surface area (Å²) in [7, 11) is 0. The van der Waals surface area contributed by atoms with E-state index in [-0.39, 0.29) is 0 Å². The molecule has 1 aromatic carbocycles. The second-order valence-corrected chi connectivity index (χ2v) is 7.78. The van der Waals surface area contributed by atoms with Crippen molar-refractivity contribution in [2.75, 3.05) is 23.3 Å². The highest BCUT2D eigenvalue weighted by Crippen LogP contribution is 2.25. The summed E-state index contributed by atoms with van der Waals surface area (Å²) in [6.45, 7) is 4.03. The van der Waals surface area contributed by atoms with Crippen molar-refractivity contribution >= 4 is 28.8 Å². The normalized spacial score (nSPS) is 14.4. The zero-order chi connectivity index (χ0) is 20.1. The molecule has 0 amide bonds. The quantitative estimate of drug-likeness (QED) is 0.630. The molecule has 1 fully saturated rings. The largest absolute Gasteiger partial charge is 0.360 e. The Balaban J connectivity index is 1.34. The van der Waals surface area contributed by atoms with E-state index in [0.29, 0.717) is 11.2 Å². The molecule has 148 valence electrons. The fourth-order valence-corrected chi connectivity index (χ4v) is 3.92. The predicted octanol–water partition coefficient (Wildman–Crippen LogP) is 4.41. The molecule has 29 heavy (non-hydrogen) atoms. The summed E-state index contributed by atoms with van der Waals surface area (Å²) in [6, 6.07) is 17.1. The van der Waals surface area contributed by atoms with Crippen LogP contribution in [0.3, 0.4) is 0 Å². The molecule has 0 aliphatic carbocycles. The molecule has 0 radical (unpaired) electrons. The molecule has 0 saturated carbocycles. The van der Waals surface area contributed by atoms with Crippen molar-refractivity contribution in [2.24, 2.45) is 0 Å². The highest BCUT2D eigenvalue weighted by atomic mass is 32.1. The van der Waals surface area contributed by atoms with Gasteiger partial charge in [0.1, 0.15) is 5.82 Å². The molecule has 4 rings (SSSR count). The maximum absolute atomic E-state index is 5.45. The molecule has 3 heterocycles. The first kappa shape index (κ1) is 19.3. The van der Waals surface area contributed by atoms with Crippen LogP contribution in [0, 0.1) is 6.92 Å². The van der Waals surface area contributed by atoms with Crippen LogP contribution in [0.25, 0.3) is 11.1 Å². The van der Waals surface area contributed by atoms with Gasteiger partial charge in [-0.1, -0.05) is 29.8 Å². The standard InChI is InChI=1S/C23H25N5S/c1-17-4-2-5-18(14-17)19-7-11-25-22(15-19)28-12-8-20(9-13-28)26-23(29)27-21-6-3-10-24-16-21/h2-7,10-11,14-16,20H,8-9,12-13H2,1H3,(H2,26,27,29). The van der Waals surface area contributed by atoms with Gasteiger partial charge in [0.15, 0.2) is 5.11 Å². The maximum atomic E-state index is 5.45. The molecule has 5 nitrogen and oxygen atoms in total. The summed E-state index contributed by atoms with van der Waals surface area (Å²) >= 11 is 5.45. The highest BCUT2D eigenvalue weighted by molar-refractivity contribution is 7.80. The number of anilines is 2. The average molecular weight is 404 g/mol. The fraction of sp³-hybridized carbons (Fsp3) is 0.261. The minimum atomic E-state index is 0.364. The van der Waals surface area contributed by atoms with Crippen molar-refractivity contribution in [3.8, 4) is 11.1 Å². The van der Waals surface area contributed by atoms with Gasteiger partial charge in [0.05, 0.1) is 11.9 Å². The number of pyridine rings is 2. The lowest BCUT2D eigenvalue weighted by Gasteiger charge is -2.33. The van der Waals surface area contributed by atoms with E-state index < -0.39 is 0 Å². The zero-order valence-electron chi connectivity index (χ0n) is 16.5. The molecule has 1 saturated heterocycles. The van der Waals surface area contributed by atoms with Crippen LogP contribution in [0.2, 0.25) is 0 Å². The van der Waals surface area contributed by atoms with Crippen molar-refractivity contribution < 1.29 is 0 Å². The Morgan fingerprint density at radius 2 is 1.86 bits per heavy atom. The summed E-state index contributed by atoms with van der Waals surface area (Å²) in [5.74, 6) is 1.04. The first-order chi connectivity index (χ1) is 14.2. The number of rotatable bonds is 4. The molecule has 2 aromatic heterocycles. The molecule has 1 aliphatic rings. The lowest BCUT2D eigenvalue weighted by molar-refractivity contribution is 0.466. The number of aryl methyl sites for hydroxylation is 1. The topological polar surface area (TPSA) is 53.1 Å². The van der Waals surface area contributed by atoms with Crippen molar-refractivity contribution in [1.29, 1.82) is 0 Å². The van der Waals surface area contributed by atoms with Crippen molar-refractivity contribution in [2.45, 2.75) is 25.8 Å². The van der Waals surface area contributed by atoms with Gasteiger partial charge in [-0.15, -0.1) is 0 Å². The van der Waals surface area contributed by atoms with E-state index in [1.54, 1.807) is 12.4 Å². The second kappa shape index (κ2) is 9.01. The maximum Gasteiger partial charge on any atom is 0.171 e. The number of thiocarbonyl (C=S) groups is 1. The van der Waals surface area contributed by atoms with Gasteiger partial charge in [-0.2, -0.15) is 0 Å². The molecule has 3 aromatic rings. The van der Waals surface area contributed by atoms with Gasteiger partial charge in [-0.05, 0) is 67.4 Å². The number of benzene rings is 1. The van der Waals surface area contributed by atoms with Crippen LogP contribution in [-0.2, 0) is 0 Å². The fourth-order valence-electron chi connectivity index (χ4n) is 3.64. The predicted molar refractivity (Wildman–Crippen MR) is 123 cm³/mol. The Bertz CT molecular complexity index is 968. The number of nitrogens with one attached hydrogen (secondary N) is 2. The summed E-state index contributed by atoms with van der Waals surface area (Å²) < 4.78 is 0. The number of nitrogens with zero attached hydrogens (tertiary/aromatic N) is 3.